The first-order valence-electron chi connectivity index (χ1n) is 15.6. The first kappa shape index (κ1) is 31.5. The molecule has 1 aliphatic heterocycles. The second-order valence-electron chi connectivity index (χ2n) is 11.3. The lowest BCUT2D eigenvalue weighted by atomic mass is 9.88. The van der Waals surface area contributed by atoms with Gasteiger partial charge in [-0.3, -0.25) is 19.5 Å². The molecule has 0 radical (unpaired) electrons. The highest BCUT2D eigenvalue weighted by molar-refractivity contribution is 8.11. The Balaban J connectivity index is 1.35. The average Bonchev–Trinajstić information content (AvgIpc) is 3.08. The maximum Gasteiger partial charge on any atom is 0.268 e. The van der Waals surface area contributed by atoms with Gasteiger partial charge in [-0.05, 0) is 92.9 Å². The molecule has 2 aromatic heterocycles. The summed E-state index contributed by atoms with van der Waals surface area (Å²) in [6.45, 7) is 7.11. The largest absolute Gasteiger partial charge is 0.354 e. The summed E-state index contributed by atoms with van der Waals surface area (Å²) in [5.41, 5.74) is 3.65. The minimum absolute atomic E-state index is 0.0395. The predicted molar refractivity (Wildman–Crippen MR) is 184 cm³/mol. The van der Waals surface area contributed by atoms with Gasteiger partial charge >= 0.3 is 0 Å². The van der Waals surface area contributed by atoms with Crippen molar-refractivity contribution in [3.63, 3.8) is 0 Å². The number of nitrogens with one attached hydrogen (secondary N) is 1. The van der Waals surface area contributed by atoms with Gasteiger partial charge < -0.3 is 9.88 Å². The maximum absolute atomic E-state index is 13.9. The highest BCUT2D eigenvalue weighted by Gasteiger charge is 2.27. The summed E-state index contributed by atoms with van der Waals surface area (Å²) < 4.78 is 1.96. The van der Waals surface area contributed by atoms with E-state index in [1.807, 2.05) is 89.3 Å². The number of allylic oxidation sites excluding steroid dienone is 2. The third kappa shape index (κ3) is 7.22. The highest BCUT2D eigenvalue weighted by atomic mass is 32.2. The molecule has 0 bridgehead atoms. The average molecular weight is 607 g/mol. The first-order valence-corrected chi connectivity index (χ1v) is 16.5. The Morgan fingerprint density at radius 2 is 1.75 bits per heavy atom. The van der Waals surface area contributed by atoms with Gasteiger partial charge in [-0.2, -0.15) is 0 Å². The van der Waals surface area contributed by atoms with Crippen LogP contribution >= 0.6 is 11.8 Å². The zero-order chi connectivity index (χ0) is 30.9. The Kier molecular flexibility index (Phi) is 10.9. The van der Waals surface area contributed by atoms with Crippen molar-refractivity contribution in [1.82, 2.24) is 19.8 Å². The summed E-state index contributed by atoms with van der Waals surface area (Å²) in [6, 6.07) is 23.5. The standard InChI is InChI=1S/C37H42N4O2S/c1-4-6-19-34(32-17-12-13-22-39-32)44-29(5-2)26-40-23-20-27(21-24-40)25-31-35(37(43)38-3)41(28-14-8-7-9-15-28)33-18-11-10-16-30(33)36(31)42/h5,7-19,22,27H,4,6,20-21,23-26H2,1-3H3,(H,38,43). The van der Waals surface area contributed by atoms with Crippen LogP contribution < -0.4 is 10.7 Å². The number of rotatable bonds is 11. The van der Waals surface area contributed by atoms with Crippen molar-refractivity contribution in [2.45, 2.75) is 46.0 Å². The van der Waals surface area contributed by atoms with Gasteiger partial charge in [0.2, 0.25) is 0 Å². The molecule has 0 atom stereocenters. The number of fused-ring (bicyclic) bond motifs is 1. The number of unbranched alkanes of at least 4 members (excludes halogenated alkanes) is 1. The van der Waals surface area contributed by atoms with E-state index in [2.05, 4.69) is 47.3 Å². The molecule has 7 heteroatoms. The van der Waals surface area contributed by atoms with Gasteiger partial charge in [0.1, 0.15) is 5.69 Å². The molecule has 0 aliphatic carbocycles. The van der Waals surface area contributed by atoms with Gasteiger partial charge in [0, 0.05) is 41.3 Å². The minimum Gasteiger partial charge on any atom is -0.354 e. The Bertz CT molecular complexity index is 1690. The lowest BCUT2D eigenvalue weighted by Gasteiger charge is -2.33. The van der Waals surface area contributed by atoms with Crippen LogP contribution in [0.3, 0.4) is 0 Å². The highest BCUT2D eigenvalue weighted by Crippen LogP contribution is 2.35. The van der Waals surface area contributed by atoms with E-state index in [9.17, 15) is 9.59 Å². The van der Waals surface area contributed by atoms with Crippen LogP contribution in [0.15, 0.2) is 101 Å². The van der Waals surface area contributed by atoms with Gasteiger partial charge in [0.25, 0.3) is 5.91 Å². The number of amides is 1. The molecule has 1 saturated heterocycles. The van der Waals surface area contributed by atoms with Crippen molar-refractivity contribution in [3.8, 4) is 5.69 Å². The van der Waals surface area contributed by atoms with Gasteiger partial charge in [0.15, 0.2) is 5.43 Å². The second-order valence-corrected chi connectivity index (χ2v) is 12.4. The number of pyridine rings is 2. The van der Waals surface area contributed by atoms with Crippen LogP contribution in [0.25, 0.3) is 21.5 Å². The van der Waals surface area contributed by atoms with E-state index in [-0.39, 0.29) is 11.3 Å². The van der Waals surface area contributed by atoms with E-state index >= 15 is 0 Å². The van der Waals surface area contributed by atoms with Crippen molar-refractivity contribution in [2.24, 2.45) is 5.92 Å². The van der Waals surface area contributed by atoms with Crippen molar-refractivity contribution in [2.75, 3.05) is 26.7 Å². The van der Waals surface area contributed by atoms with Crippen LogP contribution in [0, 0.1) is 5.92 Å². The molecule has 5 rings (SSSR count). The quantitative estimate of drug-likeness (QED) is 0.192. The fraction of sp³-hybridized carbons (Fsp3) is 0.324. The normalized spacial score (nSPS) is 15.1. The van der Waals surface area contributed by atoms with Crippen LogP contribution in [0.5, 0.6) is 0 Å². The molecule has 3 heterocycles. The van der Waals surface area contributed by atoms with Crippen molar-refractivity contribution in [3.05, 3.63) is 123 Å². The summed E-state index contributed by atoms with van der Waals surface area (Å²) in [5, 5.41) is 3.46. The van der Waals surface area contributed by atoms with Crippen LogP contribution in [0.1, 0.15) is 61.3 Å². The molecular weight excluding hydrogens is 565 g/mol. The van der Waals surface area contributed by atoms with Crippen molar-refractivity contribution in [1.29, 1.82) is 0 Å². The number of carbonyl (C=O) groups excluding carboxylic acids is 1. The molecule has 228 valence electrons. The fourth-order valence-corrected chi connectivity index (χ4v) is 7.02. The monoisotopic (exact) mass is 606 g/mol. The van der Waals surface area contributed by atoms with Crippen LogP contribution in [-0.2, 0) is 6.42 Å². The molecule has 1 aliphatic rings. The van der Waals surface area contributed by atoms with Crippen LogP contribution in [0.2, 0.25) is 0 Å². The first-order chi connectivity index (χ1) is 21.5. The molecule has 6 nitrogen and oxygen atoms in total. The summed E-state index contributed by atoms with van der Waals surface area (Å²) in [5.74, 6) is 0.0849. The Labute approximate surface area is 264 Å². The Hall–Kier alpha value is -3.94. The topological polar surface area (TPSA) is 67.2 Å². The number of thioether (sulfide) groups is 1. The fourth-order valence-electron chi connectivity index (χ4n) is 5.94. The summed E-state index contributed by atoms with van der Waals surface area (Å²) in [7, 11) is 1.63. The number of carbonyl (C=O) groups is 1. The molecule has 0 saturated carbocycles. The molecule has 1 amide bonds. The maximum atomic E-state index is 13.9. The summed E-state index contributed by atoms with van der Waals surface area (Å²) in [6.07, 6.45) is 11.0. The molecule has 44 heavy (non-hydrogen) atoms. The van der Waals surface area contributed by atoms with Crippen molar-refractivity contribution >= 4 is 33.5 Å². The lowest BCUT2D eigenvalue weighted by Crippen LogP contribution is -2.37. The number of hydrogen-bond donors (Lipinski definition) is 1. The summed E-state index contributed by atoms with van der Waals surface area (Å²) >= 11 is 1.82. The molecule has 1 N–H and O–H groups in total. The number of benzene rings is 2. The molecule has 0 unspecified atom stereocenters. The molecule has 1 fully saturated rings. The smallest absolute Gasteiger partial charge is 0.268 e. The van der Waals surface area contributed by atoms with E-state index in [0.717, 1.165) is 62.2 Å². The van der Waals surface area contributed by atoms with Gasteiger partial charge in [-0.15, -0.1) is 0 Å². The lowest BCUT2D eigenvalue weighted by molar-refractivity contribution is 0.0954. The van der Waals surface area contributed by atoms with E-state index < -0.39 is 0 Å². The minimum atomic E-state index is -0.237. The second kappa shape index (κ2) is 15.2. The molecular formula is C37H42N4O2S. The molecule has 0 spiro atoms. The van der Waals surface area contributed by atoms with Gasteiger partial charge in [-0.1, -0.05) is 73.7 Å². The van der Waals surface area contributed by atoms with Crippen molar-refractivity contribution < 1.29 is 4.79 Å². The summed E-state index contributed by atoms with van der Waals surface area (Å²) in [4.78, 5) is 37.0. The number of piperidine rings is 1. The number of likely N-dealkylation sites (tertiary alicyclic amines) is 1. The Morgan fingerprint density at radius 3 is 2.43 bits per heavy atom. The molecule has 4 aromatic rings. The van der Waals surface area contributed by atoms with E-state index in [1.165, 1.54) is 9.81 Å². The number of nitrogens with zero attached hydrogens (tertiary/aromatic N) is 3. The van der Waals surface area contributed by atoms with E-state index in [4.69, 9.17) is 0 Å². The van der Waals surface area contributed by atoms with Crippen LogP contribution in [0.4, 0.5) is 0 Å². The predicted octanol–water partition coefficient (Wildman–Crippen LogP) is 7.48. The van der Waals surface area contributed by atoms with E-state index in [1.54, 1.807) is 7.05 Å². The SMILES string of the molecule is CC=C(CN1CCC(Cc2c(C(=O)NC)n(-c3ccccc3)c3ccccc3c2=O)CC1)SC(=CCCC)c1ccccn1. The van der Waals surface area contributed by atoms with Crippen LogP contribution in [-0.4, -0.2) is 47.0 Å². The molecule has 2 aromatic carbocycles. The van der Waals surface area contributed by atoms with E-state index in [0.29, 0.717) is 29.0 Å². The van der Waals surface area contributed by atoms with Gasteiger partial charge in [-0.25, -0.2) is 0 Å². The zero-order valence-corrected chi connectivity index (χ0v) is 26.8. The number of para-hydroxylation sites is 2. The number of hydrogen-bond acceptors (Lipinski definition) is 5. The third-order valence-electron chi connectivity index (χ3n) is 8.31. The third-order valence-corrected chi connectivity index (χ3v) is 9.53. The zero-order valence-electron chi connectivity index (χ0n) is 26.0. The van der Waals surface area contributed by atoms with Gasteiger partial charge in [0.05, 0.1) is 11.2 Å². The number of aromatic nitrogens is 2. The Morgan fingerprint density at radius 1 is 1.02 bits per heavy atom.